The van der Waals surface area contributed by atoms with Crippen LogP contribution in [-0.2, 0) is 6.42 Å². The zero-order chi connectivity index (χ0) is 18.2. The van der Waals surface area contributed by atoms with Crippen LogP contribution in [0.5, 0.6) is 5.88 Å². The number of carbonyl (C=O) groups is 2. The Morgan fingerprint density at radius 1 is 1.28 bits per heavy atom. The minimum absolute atomic E-state index is 0.0670. The number of ether oxygens (including phenoxy) is 1. The fourth-order valence-electron chi connectivity index (χ4n) is 2.97. The first-order valence-corrected chi connectivity index (χ1v) is 7.90. The van der Waals surface area contributed by atoms with Gasteiger partial charge in [0.2, 0.25) is 5.88 Å². The van der Waals surface area contributed by atoms with Crippen molar-refractivity contribution in [3.63, 3.8) is 0 Å². The van der Waals surface area contributed by atoms with E-state index >= 15 is 0 Å². The van der Waals surface area contributed by atoms with E-state index in [0.717, 1.165) is 0 Å². The van der Waals surface area contributed by atoms with Gasteiger partial charge in [0.25, 0.3) is 11.5 Å². The molecule has 0 saturated heterocycles. The third-order valence-corrected chi connectivity index (χ3v) is 4.17. The summed E-state index contributed by atoms with van der Waals surface area (Å²) in [7, 11) is 1.49. The van der Waals surface area contributed by atoms with Crippen molar-refractivity contribution < 1.29 is 14.3 Å². The van der Waals surface area contributed by atoms with Crippen LogP contribution in [-0.4, -0.2) is 28.8 Å². The lowest BCUT2D eigenvalue weighted by atomic mass is 9.75. The lowest BCUT2D eigenvalue weighted by Crippen LogP contribution is -2.32. The van der Waals surface area contributed by atoms with Crippen LogP contribution in [0.15, 0.2) is 29.2 Å². The number of anilines is 1. The molecule has 0 unspecified atom stereocenters. The summed E-state index contributed by atoms with van der Waals surface area (Å²) in [6.45, 7) is 3.95. The molecular weight excluding hydrogens is 322 g/mol. The number of hydrogen-bond acceptors (Lipinski definition) is 5. The molecule has 0 fully saturated rings. The predicted octanol–water partition coefficient (Wildman–Crippen LogP) is 2.19. The zero-order valence-corrected chi connectivity index (χ0v) is 14.3. The standard InChI is InChI=1S/C18H19N3O4/c1-18(2)7-13-11(14(22)8-18)6-12(17(24)21-13)16(23)20-10-4-5-15(25-3)19-9-10/h4-6,9H,7-8H2,1-3H3,(H,20,23)(H,21,24). The number of aromatic amines is 1. The van der Waals surface area contributed by atoms with E-state index < -0.39 is 11.5 Å². The average molecular weight is 341 g/mol. The number of fused-ring (bicyclic) bond motifs is 1. The molecule has 7 heteroatoms. The van der Waals surface area contributed by atoms with Gasteiger partial charge in [0.1, 0.15) is 5.56 Å². The Kier molecular flexibility index (Phi) is 4.16. The number of nitrogens with zero attached hydrogens (tertiary/aromatic N) is 1. The zero-order valence-electron chi connectivity index (χ0n) is 14.3. The summed E-state index contributed by atoms with van der Waals surface area (Å²) in [6.07, 6.45) is 2.40. The van der Waals surface area contributed by atoms with Crippen molar-refractivity contribution in [2.75, 3.05) is 12.4 Å². The van der Waals surface area contributed by atoms with Gasteiger partial charge in [-0.2, -0.15) is 0 Å². The molecule has 7 nitrogen and oxygen atoms in total. The molecule has 0 saturated carbocycles. The minimum atomic E-state index is -0.589. The Balaban J connectivity index is 1.90. The largest absolute Gasteiger partial charge is 0.481 e. The van der Waals surface area contributed by atoms with Gasteiger partial charge < -0.3 is 15.0 Å². The Morgan fingerprint density at radius 2 is 2.04 bits per heavy atom. The summed E-state index contributed by atoms with van der Waals surface area (Å²) in [5.41, 5.74) is 0.623. The highest BCUT2D eigenvalue weighted by molar-refractivity contribution is 6.06. The Morgan fingerprint density at radius 3 is 2.68 bits per heavy atom. The first kappa shape index (κ1) is 16.9. The van der Waals surface area contributed by atoms with Crippen molar-refractivity contribution in [3.8, 4) is 5.88 Å². The Hall–Kier alpha value is -2.96. The maximum atomic E-state index is 12.4. The van der Waals surface area contributed by atoms with E-state index in [0.29, 0.717) is 35.7 Å². The van der Waals surface area contributed by atoms with Gasteiger partial charge in [0, 0.05) is 23.7 Å². The smallest absolute Gasteiger partial charge is 0.261 e. The Labute approximate surface area is 144 Å². The van der Waals surface area contributed by atoms with Crippen LogP contribution in [0.2, 0.25) is 0 Å². The number of methoxy groups -OCH3 is 1. The number of pyridine rings is 2. The first-order valence-electron chi connectivity index (χ1n) is 7.90. The molecule has 2 aromatic rings. The fourth-order valence-corrected chi connectivity index (χ4v) is 2.97. The highest BCUT2D eigenvalue weighted by atomic mass is 16.5. The number of amides is 1. The summed E-state index contributed by atoms with van der Waals surface area (Å²) >= 11 is 0. The average Bonchev–Trinajstić information content (AvgIpc) is 2.53. The van der Waals surface area contributed by atoms with Crippen molar-refractivity contribution in [1.82, 2.24) is 9.97 Å². The number of hydrogen-bond donors (Lipinski definition) is 2. The molecule has 0 radical (unpaired) electrons. The van der Waals surface area contributed by atoms with Gasteiger partial charge in [-0.05, 0) is 24.0 Å². The quantitative estimate of drug-likeness (QED) is 0.891. The summed E-state index contributed by atoms with van der Waals surface area (Å²) < 4.78 is 4.95. The molecule has 0 aliphatic heterocycles. The highest BCUT2D eigenvalue weighted by Gasteiger charge is 2.32. The number of carbonyl (C=O) groups excluding carboxylic acids is 2. The second kappa shape index (κ2) is 6.16. The third kappa shape index (κ3) is 3.45. The molecule has 2 heterocycles. The maximum Gasteiger partial charge on any atom is 0.261 e. The molecule has 0 aromatic carbocycles. The number of H-pyrrole nitrogens is 1. The van der Waals surface area contributed by atoms with Gasteiger partial charge in [-0.25, -0.2) is 4.98 Å². The molecule has 3 rings (SSSR count). The Bertz CT molecular complexity index is 898. The molecule has 130 valence electrons. The summed E-state index contributed by atoms with van der Waals surface area (Å²) in [5, 5.41) is 2.60. The predicted molar refractivity (Wildman–Crippen MR) is 92.2 cm³/mol. The fraction of sp³-hybridized carbons (Fsp3) is 0.333. The van der Waals surface area contributed by atoms with Gasteiger partial charge in [-0.15, -0.1) is 0 Å². The summed E-state index contributed by atoms with van der Waals surface area (Å²) in [4.78, 5) is 43.7. The molecule has 1 aliphatic rings. The molecule has 1 aliphatic carbocycles. The number of ketones is 1. The number of Topliss-reactive ketones (excluding diaryl/α,β-unsaturated/α-hetero) is 1. The molecule has 0 spiro atoms. The van der Waals surface area contributed by atoms with E-state index in [1.165, 1.54) is 19.4 Å². The molecule has 0 bridgehead atoms. The lowest BCUT2D eigenvalue weighted by Gasteiger charge is -2.29. The highest BCUT2D eigenvalue weighted by Crippen LogP contribution is 2.33. The van der Waals surface area contributed by atoms with Crippen LogP contribution in [0.4, 0.5) is 5.69 Å². The second-order valence-corrected chi connectivity index (χ2v) is 6.89. The summed E-state index contributed by atoms with van der Waals surface area (Å²) in [5.74, 6) is -0.242. The third-order valence-electron chi connectivity index (χ3n) is 4.17. The van der Waals surface area contributed by atoms with Crippen molar-refractivity contribution in [1.29, 1.82) is 0 Å². The van der Waals surface area contributed by atoms with E-state index in [1.54, 1.807) is 12.1 Å². The SMILES string of the molecule is COc1ccc(NC(=O)c2cc3c([nH]c2=O)CC(C)(C)CC3=O)cn1. The van der Waals surface area contributed by atoms with Gasteiger partial charge in [-0.1, -0.05) is 13.8 Å². The monoisotopic (exact) mass is 341 g/mol. The summed E-state index contributed by atoms with van der Waals surface area (Å²) in [6, 6.07) is 4.60. The van der Waals surface area contributed by atoms with Crippen LogP contribution in [0.3, 0.4) is 0 Å². The molecule has 2 N–H and O–H groups in total. The van der Waals surface area contributed by atoms with Crippen molar-refractivity contribution in [2.45, 2.75) is 26.7 Å². The van der Waals surface area contributed by atoms with E-state index in [-0.39, 0.29) is 16.8 Å². The van der Waals surface area contributed by atoms with Crippen LogP contribution in [0, 0.1) is 5.41 Å². The minimum Gasteiger partial charge on any atom is -0.481 e. The lowest BCUT2D eigenvalue weighted by molar-refractivity contribution is 0.0910. The van der Waals surface area contributed by atoms with Crippen molar-refractivity contribution in [3.05, 3.63) is 51.6 Å². The van der Waals surface area contributed by atoms with Crippen LogP contribution in [0.25, 0.3) is 0 Å². The molecule has 2 aromatic heterocycles. The van der Waals surface area contributed by atoms with Crippen molar-refractivity contribution >= 4 is 17.4 Å². The van der Waals surface area contributed by atoms with Crippen LogP contribution >= 0.6 is 0 Å². The second-order valence-electron chi connectivity index (χ2n) is 6.89. The number of rotatable bonds is 3. The van der Waals surface area contributed by atoms with E-state index in [1.807, 2.05) is 13.8 Å². The van der Waals surface area contributed by atoms with Gasteiger partial charge >= 0.3 is 0 Å². The molecule has 25 heavy (non-hydrogen) atoms. The van der Waals surface area contributed by atoms with E-state index in [4.69, 9.17) is 4.74 Å². The van der Waals surface area contributed by atoms with E-state index in [9.17, 15) is 14.4 Å². The van der Waals surface area contributed by atoms with Crippen molar-refractivity contribution in [2.24, 2.45) is 5.41 Å². The first-order chi connectivity index (χ1) is 11.8. The molecular formula is C18H19N3O4. The van der Waals surface area contributed by atoms with Gasteiger partial charge in [0.05, 0.1) is 19.0 Å². The molecule has 1 amide bonds. The van der Waals surface area contributed by atoms with Crippen LogP contribution in [0.1, 0.15) is 46.7 Å². The van der Waals surface area contributed by atoms with Gasteiger partial charge in [-0.3, -0.25) is 14.4 Å². The number of nitrogens with one attached hydrogen (secondary N) is 2. The molecule has 0 atom stereocenters. The van der Waals surface area contributed by atoms with Gasteiger partial charge in [0.15, 0.2) is 5.78 Å². The van der Waals surface area contributed by atoms with Crippen LogP contribution < -0.4 is 15.6 Å². The van der Waals surface area contributed by atoms with E-state index in [2.05, 4.69) is 15.3 Å². The maximum absolute atomic E-state index is 12.4. The normalized spacial score (nSPS) is 15.4. The topological polar surface area (TPSA) is 101 Å². The number of aromatic nitrogens is 2.